The van der Waals surface area contributed by atoms with Gasteiger partial charge in [-0.1, -0.05) is 60.7 Å². The third kappa shape index (κ3) is 6.87. The fourth-order valence-electron chi connectivity index (χ4n) is 4.19. The lowest BCUT2D eigenvalue weighted by Gasteiger charge is -2.36. The van der Waals surface area contributed by atoms with Crippen LogP contribution in [0.5, 0.6) is 0 Å². The van der Waals surface area contributed by atoms with Crippen molar-refractivity contribution in [3.05, 3.63) is 71.8 Å². The van der Waals surface area contributed by atoms with Crippen LogP contribution in [0.25, 0.3) is 0 Å². The number of ether oxygens (including phenoxy) is 1. The van der Waals surface area contributed by atoms with Gasteiger partial charge in [-0.25, -0.2) is 15.8 Å². The van der Waals surface area contributed by atoms with E-state index in [1.54, 1.807) is 32.9 Å². The number of rotatable bonds is 10. The minimum atomic E-state index is -1.96. The van der Waals surface area contributed by atoms with Gasteiger partial charge in [0.2, 0.25) is 0 Å². The molecule has 0 radical (unpaired) electrons. The van der Waals surface area contributed by atoms with E-state index in [9.17, 15) is 24.6 Å². The first-order valence-electron chi connectivity index (χ1n) is 12.2. The molecular weight excluding hydrogens is 494 g/mol. The molecule has 0 bridgehead atoms. The Bertz CT molecular complexity index is 1090. The minimum Gasteiger partial charge on any atom is -0.444 e. The lowest BCUT2D eigenvalue weighted by Crippen LogP contribution is -2.60. The number of aliphatic hydroxyl groups is 2. The quantitative estimate of drug-likeness (QED) is 0.341. The number of amides is 3. The van der Waals surface area contributed by atoms with Crippen molar-refractivity contribution < 1.29 is 39.0 Å². The minimum absolute atomic E-state index is 0.0273. The highest BCUT2D eigenvalue weighted by molar-refractivity contribution is 5.94. The van der Waals surface area contributed by atoms with Crippen LogP contribution in [0.2, 0.25) is 0 Å². The predicted octanol–water partition coefficient (Wildman–Crippen LogP) is 1.83. The zero-order valence-electron chi connectivity index (χ0n) is 21.8. The summed E-state index contributed by atoms with van der Waals surface area (Å²) >= 11 is 0. The van der Waals surface area contributed by atoms with E-state index in [2.05, 4.69) is 11.0 Å². The summed E-state index contributed by atoms with van der Waals surface area (Å²) in [7, 11) is 0. The Morgan fingerprint density at radius 2 is 1.34 bits per heavy atom. The highest BCUT2D eigenvalue weighted by Crippen LogP contribution is 2.43. The number of hydroxylamine groups is 2. The molecule has 4 N–H and O–H groups in total. The smallest absolute Gasteiger partial charge is 0.411 e. The van der Waals surface area contributed by atoms with E-state index >= 15 is 0 Å². The first-order valence-corrected chi connectivity index (χ1v) is 12.2. The molecule has 11 nitrogen and oxygen atoms in total. The van der Waals surface area contributed by atoms with Crippen LogP contribution in [0.1, 0.15) is 38.3 Å². The second kappa shape index (κ2) is 12.4. The molecule has 1 aliphatic rings. The van der Waals surface area contributed by atoms with Crippen LogP contribution >= 0.6 is 0 Å². The average Bonchev–Trinajstić information content (AvgIpc) is 3.27. The van der Waals surface area contributed by atoms with Crippen molar-refractivity contribution in [2.24, 2.45) is 5.41 Å². The second-order valence-corrected chi connectivity index (χ2v) is 10.3. The third-order valence-electron chi connectivity index (χ3n) is 6.18. The second-order valence-electron chi connectivity index (χ2n) is 10.3. The van der Waals surface area contributed by atoms with E-state index in [1.807, 2.05) is 48.5 Å². The van der Waals surface area contributed by atoms with Crippen LogP contribution in [0.15, 0.2) is 60.7 Å². The molecule has 11 heteroatoms. The van der Waals surface area contributed by atoms with Gasteiger partial charge in [0.1, 0.15) is 5.60 Å². The topological polar surface area (TPSA) is 147 Å². The molecule has 0 saturated carbocycles. The van der Waals surface area contributed by atoms with Crippen molar-refractivity contribution in [1.29, 1.82) is 0 Å². The van der Waals surface area contributed by atoms with E-state index in [-0.39, 0.29) is 13.2 Å². The standard InChI is InChI=1S/C27H35N3O8/c1-25(2,3)38-24(35)30-17-26(18-31,22(33)28-36-14-20-10-6-4-7-11-20)16-27(30,19-32)23(34)29-37-15-21-12-8-5-9-13-21/h4-13,31-32H,14-19H2,1-3H3,(H,28,33)(H,29,34). The summed E-state index contributed by atoms with van der Waals surface area (Å²) < 4.78 is 5.47. The molecule has 206 valence electrons. The number of hydrogen-bond donors (Lipinski definition) is 4. The van der Waals surface area contributed by atoms with Crippen molar-refractivity contribution >= 4 is 17.9 Å². The molecule has 0 aromatic heterocycles. The number of carbonyl (C=O) groups is 3. The Kier molecular flexibility index (Phi) is 9.45. The third-order valence-corrected chi connectivity index (χ3v) is 6.18. The molecule has 3 rings (SSSR count). The van der Waals surface area contributed by atoms with E-state index in [0.29, 0.717) is 0 Å². The van der Waals surface area contributed by atoms with Gasteiger partial charge in [0, 0.05) is 13.0 Å². The Morgan fingerprint density at radius 1 is 0.842 bits per heavy atom. The maximum Gasteiger partial charge on any atom is 0.411 e. The maximum atomic E-state index is 13.4. The molecule has 2 aromatic carbocycles. The van der Waals surface area contributed by atoms with Crippen LogP contribution in [0.3, 0.4) is 0 Å². The number of aliphatic hydroxyl groups excluding tert-OH is 2. The number of carbonyl (C=O) groups excluding carboxylic acids is 3. The molecule has 1 fully saturated rings. The summed E-state index contributed by atoms with van der Waals surface area (Å²) in [6.07, 6.45) is -1.34. The van der Waals surface area contributed by atoms with Gasteiger partial charge in [0.15, 0.2) is 5.54 Å². The van der Waals surface area contributed by atoms with Crippen molar-refractivity contribution in [3.63, 3.8) is 0 Å². The van der Waals surface area contributed by atoms with Gasteiger partial charge in [-0.3, -0.25) is 24.2 Å². The molecular formula is C27H35N3O8. The summed E-state index contributed by atoms with van der Waals surface area (Å²) in [5.74, 6) is -1.62. The largest absolute Gasteiger partial charge is 0.444 e. The highest BCUT2D eigenvalue weighted by Gasteiger charge is 2.63. The molecule has 2 aromatic rings. The number of benzene rings is 2. The molecule has 2 atom stereocenters. The Balaban J connectivity index is 1.81. The van der Waals surface area contributed by atoms with Gasteiger partial charge in [-0.15, -0.1) is 0 Å². The molecule has 1 saturated heterocycles. The molecule has 0 spiro atoms. The lowest BCUT2D eigenvalue weighted by molar-refractivity contribution is -0.149. The van der Waals surface area contributed by atoms with Crippen molar-refractivity contribution in [2.75, 3.05) is 19.8 Å². The van der Waals surface area contributed by atoms with Gasteiger partial charge in [-0.05, 0) is 31.9 Å². The van der Waals surface area contributed by atoms with Gasteiger partial charge in [-0.2, -0.15) is 0 Å². The summed E-state index contributed by atoms with van der Waals surface area (Å²) in [5.41, 5.74) is 1.62. The van der Waals surface area contributed by atoms with Gasteiger partial charge >= 0.3 is 6.09 Å². The Labute approximate surface area is 221 Å². The number of hydrogen-bond acceptors (Lipinski definition) is 8. The van der Waals surface area contributed by atoms with Gasteiger partial charge in [0.05, 0.1) is 31.8 Å². The Hall–Kier alpha value is -3.51. The van der Waals surface area contributed by atoms with Gasteiger partial charge in [0.25, 0.3) is 11.8 Å². The first-order chi connectivity index (χ1) is 18.0. The van der Waals surface area contributed by atoms with Gasteiger partial charge < -0.3 is 14.9 Å². The monoisotopic (exact) mass is 529 g/mol. The molecule has 1 heterocycles. The molecule has 2 unspecified atom stereocenters. The number of nitrogens with zero attached hydrogens (tertiary/aromatic N) is 1. The SMILES string of the molecule is CC(C)(C)OC(=O)N1CC(CO)(C(=O)NOCc2ccccc2)CC1(CO)C(=O)NOCc1ccccc1. The summed E-state index contributed by atoms with van der Waals surface area (Å²) in [6, 6.07) is 18.2. The predicted molar refractivity (Wildman–Crippen MR) is 136 cm³/mol. The molecule has 0 aliphatic carbocycles. The molecule has 3 amide bonds. The van der Waals surface area contributed by atoms with Crippen molar-refractivity contribution in [2.45, 2.75) is 51.5 Å². The van der Waals surface area contributed by atoms with Crippen molar-refractivity contribution in [1.82, 2.24) is 15.9 Å². The van der Waals surface area contributed by atoms with E-state index in [4.69, 9.17) is 14.4 Å². The maximum absolute atomic E-state index is 13.4. The fourth-order valence-corrected chi connectivity index (χ4v) is 4.19. The first kappa shape index (κ1) is 29.1. The Morgan fingerprint density at radius 3 is 1.79 bits per heavy atom. The van der Waals surface area contributed by atoms with Crippen LogP contribution < -0.4 is 11.0 Å². The van der Waals surface area contributed by atoms with Crippen LogP contribution in [0.4, 0.5) is 4.79 Å². The fraction of sp³-hybridized carbons (Fsp3) is 0.444. The number of likely N-dealkylation sites (tertiary alicyclic amines) is 1. The van der Waals surface area contributed by atoms with Crippen LogP contribution in [-0.2, 0) is 37.2 Å². The highest BCUT2D eigenvalue weighted by atomic mass is 16.7. The van der Waals surface area contributed by atoms with E-state index in [1.165, 1.54) is 0 Å². The zero-order chi connectivity index (χ0) is 27.8. The van der Waals surface area contributed by atoms with Crippen LogP contribution in [0, 0.1) is 5.41 Å². The summed E-state index contributed by atoms with van der Waals surface area (Å²) in [5, 5.41) is 20.8. The molecule has 38 heavy (non-hydrogen) atoms. The number of nitrogens with one attached hydrogen (secondary N) is 2. The normalized spacial score (nSPS) is 21.1. The van der Waals surface area contributed by atoms with Crippen LogP contribution in [-0.4, -0.2) is 63.9 Å². The van der Waals surface area contributed by atoms with E-state index in [0.717, 1.165) is 16.0 Å². The average molecular weight is 530 g/mol. The van der Waals surface area contributed by atoms with E-state index < -0.39 is 60.6 Å². The zero-order valence-corrected chi connectivity index (χ0v) is 21.8. The summed E-state index contributed by atoms with van der Waals surface area (Å²) in [4.78, 5) is 51.5. The molecule has 1 aliphatic heterocycles. The lowest BCUT2D eigenvalue weighted by atomic mass is 9.80. The van der Waals surface area contributed by atoms with Crippen molar-refractivity contribution in [3.8, 4) is 0 Å². The summed E-state index contributed by atoms with van der Waals surface area (Å²) in [6.45, 7) is 3.03.